The fourth-order valence-corrected chi connectivity index (χ4v) is 5.38. The second-order valence-electron chi connectivity index (χ2n) is 9.02. The lowest BCUT2D eigenvalue weighted by atomic mass is 9.93. The molecule has 0 aliphatic heterocycles. The molecule has 7 aromatic carbocycles. The summed E-state index contributed by atoms with van der Waals surface area (Å²) in [5, 5.41) is 10.3. The maximum absolute atomic E-state index is 2.32. The van der Waals surface area contributed by atoms with Crippen LogP contribution in [0.3, 0.4) is 0 Å². The van der Waals surface area contributed by atoms with E-state index >= 15 is 0 Å². The van der Waals surface area contributed by atoms with E-state index in [-0.39, 0.29) is 0 Å². The zero-order chi connectivity index (χ0) is 23.2. The van der Waals surface area contributed by atoms with Crippen molar-refractivity contribution in [3.05, 3.63) is 140 Å². The van der Waals surface area contributed by atoms with Crippen LogP contribution in [0.15, 0.2) is 140 Å². The maximum atomic E-state index is 2.32. The minimum Gasteiger partial charge on any atom is -0.310 e. The molecule has 0 fully saturated rings. The van der Waals surface area contributed by atoms with E-state index in [9.17, 15) is 0 Å². The lowest BCUT2D eigenvalue weighted by Gasteiger charge is -2.25. The second kappa shape index (κ2) is 8.00. The molecule has 1 heteroatoms. The molecule has 35 heavy (non-hydrogen) atoms. The molecule has 0 N–H and O–H groups in total. The molecular weight excluding hydrogens is 422 g/mol. The first-order valence-electron chi connectivity index (χ1n) is 12.0. The molecule has 0 aromatic heterocycles. The Labute approximate surface area is 204 Å². The van der Waals surface area contributed by atoms with E-state index in [1.807, 2.05) is 0 Å². The molecule has 7 rings (SSSR count). The van der Waals surface area contributed by atoms with Gasteiger partial charge >= 0.3 is 0 Å². The number of para-hydroxylation sites is 2. The van der Waals surface area contributed by atoms with Gasteiger partial charge in [-0.15, -0.1) is 0 Å². The maximum Gasteiger partial charge on any atom is 0.0468 e. The van der Waals surface area contributed by atoms with Crippen molar-refractivity contribution in [2.45, 2.75) is 0 Å². The highest BCUT2D eigenvalue weighted by Gasteiger charge is 2.14. The van der Waals surface area contributed by atoms with Gasteiger partial charge in [-0.3, -0.25) is 0 Å². The Kier molecular flexibility index (Phi) is 4.53. The number of hydrogen-bond donors (Lipinski definition) is 0. The van der Waals surface area contributed by atoms with Crippen LogP contribution in [0.25, 0.3) is 43.1 Å². The molecule has 7 aromatic rings. The average molecular weight is 446 g/mol. The minimum absolute atomic E-state index is 1.15. The van der Waals surface area contributed by atoms with Crippen molar-refractivity contribution < 1.29 is 0 Å². The monoisotopic (exact) mass is 445 g/mol. The number of anilines is 3. The van der Waals surface area contributed by atoms with Gasteiger partial charge in [-0.25, -0.2) is 0 Å². The Balaban J connectivity index is 1.47. The molecule has 0 saturated heterocycles. The third-order valence-corrected chi connectivity index (χ3v) is 6.99. The molecule has 0 aliphatic rings. The Hall–Kier alpha value is -4.62. The van der Waals surface area contributed by atoms with Crippen molar-refractivity contribution in [2.75, 3.05) is 4.90 Å². The van der Waals surface area contributed by atoms with Crippen molar-refractivity contribution in [3.8, 4) is 0 Å². The van der Waals surface area contributed by atoms with Crippen molar-refractivity contribution >= 4 is 60.2 Å². The molecule has 0 heterocycles. The highest BCUT2D eigenvalue weighted by molar-refractivity contribution is 6.24. The third kappa shape index (κ3) is 3.25. The summed E-state index contributed by atoms with van der Waals surface area (Å²) in [6.45, 7) is 0. The van der Waals surface area contributed by atoms with E-state index < -0.39 is 0 Å². The molecule has 0 saturated carbocycles. The highest BCUT2D eigenvalue weighted by atomic mass is 15.1. The van der Waals surface area contributed by atoms with E-state index in [4.69, 9.17) is 0 Å². The molecule has 0 unspecified atom stereocenters. The predicted octanol–water partition coefficient (Wildman–Crippen LogP) is 9.77. The van der Waals surface area contributed by atoms with Crippen molar-refractivity contribution in [1.82, 2.24) is 0 Å². The predicted molar refractivity (Wildman–Crippen MR) is 151 cm³/mol. The SMILES string of the molecule is c1ccc(N(c2ccccc2)c2ccc3c(ccc4c3ccc3ccc5ccccc5c34)c2)cc1. The van der Waals surface area contributed by atoms with Gasteiger partial charge in [0.05, 0.1) is 0 Å². The van der Waals surface area contributed by atoms with Gasteiger partial charge in [-0.05, 0) is 79.5 Å². The molecule has 0 amide bonds. The van der Waals surface area contributed by atoms with Crippen LogP contribution in [-0.4, -0.2) is 0 Å². The van der Waals surface area contributed by atoms with Crippen LogP contribution < -0.4 is 4.90 Å². The average Bonchev–Trinajstić information content (AvgIpc) is 2.93. The van der Waals surface area contributed by atoms with Gasteiger partial charge < -0.3 is 4.90 Å². The van der Waals surface area contributed by atoms with Crippen molar-refractivity contribution in [3.63, 3.8) is 0 Å². The number of rotatable bonds is 3. The van der Waals surface area contributed by atoms with Gasteiger partial charge in [0.2, 0.25) is 0 Å². The summed E-state index contributed by atoms with van der Waals surface area (Å²) in [4.78, 5) is 2.32. The van der Waals surface area contributed by atoms with Crippen molar-refractivity contribution in [1.29, 1.82) is 0 Å². The first-order valence-corrected chi connectivity index (χ1v) is 12.0. The van der Waals surface area contributed by atoms with E-state index in [1.165, 1.54) is 43.1 Å². The standard InChI is InChI=1S/C34H23N/c1-3-10-27(11-4-1)35(28-12-5-2-6-13-28)29-19-22-30-26(23-29)18-21-33-32(30)20-17-25-16-15-24-9-7-8-14-31(24)34(25)33/h1-23H. The fourth-order valence-electron chi connectivity index (χ4n) is 5.38. The summed E-state index contributed by atoms with van der Waals surface area (Å²) in [5.74, 6) is 0. The van der Waals surface area contributed by atoms with Crippen LogP contribution >= 0.6 is 0 Å². The minimum atomic E-state index is 1.15. The van der Waals surface area contributed by atoms with Gasteiger partial charge in [-0.2, -0.15) is 0 Å². The van der Waals surface area contributed by atoms with Crippen molar-refractivity contribution in [2.24, 2.45) is 0 Å². The van der Waals surface area contributed by atoms with Crippen LogP contribution in [0, 0.1) is 0 Å². The first kappa shape index (κ1) is 19.8. The van der Waals surface area contributed by atoms with Crippen LogP contribution in [0.2, 0.25) is 0 Å². The van der Waals surface area contributed by atoms with Crippen LogP contribution in [0.1, 0.15) is 0 Å². The van der Waals surface area contributed by atoms with E-state index in [0.29, 0.717) is 0 Å². The van der Waals surface area contributed by atoms with Gasteiger partial charge in [-0.1, -0.05) is 103 Å². The quantitative estimate of drug-likeness (QED) is 0.245. The van der Waals surface area contributed by atoms with Gasteiger partial charge in [0.15, 0.2) is 0 Å². The molecule has 1 nitrogen and oxygen atoms in total. The largest absolute Gasteiger partial charge is 0.310 e. The summed E-state index contributed by atoms with van der Waals surface area (Å²) in [6, 6.07) is 50.2. The topological polar surface area (TPSA) is 3.24 Å². The Morgan fingerprint density at radius 1 is 0.314 bits per heavy atom. The smallest absolute Gasteiger partial charge is 0.0468 e. The molecule has 0 aliphatic carbocycles. The Morgan fingerprint density at radius 2 is 0.886 bits per heavy atom. The lowest BCUT2D eigenvalue weighted by molar-refractivity contribution is 1.29. The Bertz CT molecular complexity index is 1800. The molecule has 164 valence electrons. The number of benzene rings is 7. The zero-order valence-corrected chi connectivity index (χ0v) is 19.2. The zero-order valence-electron chi connectivity index (χ0n) is 19.2. The molecular formula is C34H23N. The summed E-state index contributed by atoms with van der Waals surface area (Å²) < 4.78 is 0. The van der Waals surface area contributed by atoms with Gasteiger partial charge in [0, 0.05) is 17.1 Å². The summed E-state index contributed by atoms with van der Waals surface area (Å²) >= 11 is 0. The second-order valence-corrected chi connectivity index (χ2v) is 9.02. The van der Waals surface area contributed by atoms with E-state index in [2.05, 4.69) is 144 Å². The number of nitrogens with zero attached hydrogens (tertiary/aromatic N) is 1. The lowest BCUT2D eigenvalue weighted by Crippen LogP contribution is -2.09. The molecule has 0 atom stereocenters. The molecule has 0 bridgehead atoms. The molecule has 0 spiro atoms. The Morgan fingerprint density at radius 3 is 1.66 bits per heavy atom. The summed E-state index contributed by atoms with van der Waals surface area (Å²) in [7, 11) is 0. The number of hydrogen-bond acceptors (Lipinski definition) is 1. The van der Waals surface area contributed by atoms with Gasteiger partial charge in [0.25, 0.3) is 0 Å². The van der Waals surface area contributed by atoms with Crippen LogP contribution in [-0.2, 0) is 0 Å². The normalized spacial score (nSPS) is 11.4. The van der Waals surface area contributed by atoms with Crippen LogP contribution in [0.4, 0.5) is 17.1 Å². The van der Waals surface area contributed by atoms with Crippen LogP contribution in [0.5, 0.6) is 0 Å². The number of fused-ring (bicyclic) bond motifs is 7. The van der Waals surface area contributed by atoms with Gasteiger partial charge in [0.1, 0.15) is 0 Å². The van der Waals surface area contributed by atoms with E-state index in [0.717, 1.165) is 17.1 Å². The fraction of sp³-hybridized carbons (Fsp3) is 0. The third-order valence-electron chi connectivity index (χ3n) is 6.99. The molecule has 0 radical (unpaired) electrons. The first-order chi connectivity index (χ1) is 17.4. The van der Waals surface area contributed by atoms with E-state index in [1.54, 1.807) is 0 Å². The summed E-state index contributed by atoms with van der Waals surface area (Å²) in [5.41, 5.74) is 3.45. The highest BCUT2D eigenvalue weighted by Crippen LogP contribution is 2.39. The summed E-state index contributed by atoms with van der Waals surface area (Å²) in [6.07, 6.45) is 0.